The number of aromatic nitrogens is 3. The minimum atomic E-state index is -0.866. The first-order valence-corrected chi connectivity index (χ1v) is 13.8. The van der Waals surface area contributed by atoms with Gasteiger partial charge in [-0.25, -0.2) is 9.97 Å². The number of benzene rings is 2. The molecule has 0 aliphatic rings. The second-order valence-corrected chi connectivity index (χ2v) is 10.8. The molecule has 1 unspecified atom stereocenters. The molecule has 3 heterocycles. The number of hydrogen-bond donors (Lipinski definition) is 4. The summed E-state index contributed by atoms with van der Waals surface area (Å²) in [6.45, 7) is 2.21. The first-order chi connectivity index (χ1) is 19.3. The molecular weight excluding hydrogens is 550 g/mol. The van der Waals surface area contributed by atoms with E-state index in [0.717, 1.165) is 32.7 Å². The fraction of sp³-hybridized carbons (Fsp3) is 0.207. The third kappa shape index (κ3) is 5.95. The molecule has 1 amide bonds. The summed E-state index contributed by atoms with van der Waals surface area (Å²) >= 11 is 7.58. The number of rotatable bonds is 11. The number of carbonyl (C=O) groups is 1. The zero-order valence-corrected chi connectivity index (χ0v) is 23.2. The van der Waals surface area contributed by atoms with Crippen LogP contribution < -0.4 is 15.8 Å². The van der Waals surface area contributed by atoms with Gasteiger partial charge in [0.15, 0.2) is 0 Å². The number of pyridine rings is 1. The Morgan fingerprint density at radius 2 is 1.95 bits per heavy atom. The Morgan fingerprint density at radius 1 is 1.15 bits per heavy atom. The average molecular weight is 578 g/mol. The van der Waals surface area contributed by atoms with Crippen LogP contribution >= 0.6 is 22.9 Å². The lowest BCUT2D eigenvalue weighted by molar-refractivity contribution is 0.1000. The van der Waals surface area contributed by atoms with E-state index in [-0.39, 0.29) is 19.1 Å². The van der Waals surface area contributed by atoms with Crippen molar-refractivity contribution in [3.8, 4) is 21.9 Å². The highest BCUT2D eigenvalue weighted by Crippen LogP contribution is 2.35. The minimum Gasteiger partial charge on any atom is -0.491 e. The number of imidazole rings is 1. The predicted octanol–water partition coefficient (Wildman–Crippen LogP) is 4.85. The van der Waals surface area contributed by atoms with Gasteiger partial charge in [-0.2, -0.15) is 0 Å². The van der Waals surface area contributed by atoms with E-state index < -0.39 is 12.0 Å². The van der Waals surface area contributed by atoms with Crippen molar-refractivity contribution in [2.45, 2.75) is 18.9 Å². The summed E-state index contributed by atoms with van der Waals surface area (Å²) in [5.41, 5.74) is 10.1. The summed E-state index contributed by atoms with van der Waals surface area (Å²) in [6.07, 6.45) is 2.52. The Morgan fingerprint density at radius 3 is 2.73 bits per heavy atom. The molecule has 5 rings (SSSR count). The quantitative estimate of drug-likeness (QED) is 0.176. The number of primary amides is 1. The van der Waals surface area contributed by atoms with E-state index in [1.807, 2.05) is 66.1 Å². The SMILES string of the molecule is CC(COc1cc(-n2cnc3cc(-c4ccnc(NC[C@@H](O)CO)c4)ccc32)sc1C(N)=O)c1ccccc1Cl. The van der Waals surface area contributed by atoms with Crippen LogP contribution in [0.25, 0.3) is 27.2 Å². The van der Waals surface area contributed by atoms with Crippen LogP contribution in [0.5, 0.6) is 5.75 Å². The molecule has 0 radical (unpaired) electrons. The van der Waals surface area contributed by atoms with Gasteiger partial charge < -0.3 is 26.0 Å². The Hall–Kier alpha value is -3.96. The van der Waals surface area contributed by atoms with Crippen LogP contribution in [0, 0.1) is 0 Å². The summed E-state index contributed by atoms with van der Waals surface area (Å²) in [5.74, 6) is 0.462. The third-order valence-electron chi connectivity index (χ3n) is 6.44. The van der Waals surface area contributed by atoms with Gasteiger partial charge in [0.1, 0.15) is 27.8 Å². The largest absolute Gasteiger partial charge is 0.491 e. The highest BCUT2D eigenvalue weighted by Gasteiger charge is 2.19. The predicted molar refractivity (Wildman–Crippen MR) is 158 cm³/mol. The summed E-state index contributed by atoms with van der Waals surface area (Å²) in [5, 5.41) is 23.1. The van der Waals surface area contributed by atoms with Gasteiger partial charge in [-0.15, -0.1) is 11.3 Å². The molecular formula is C29H28ClN5O4S. The molecule has 11 heteroatoms. The Balaban J connectivity index is 1.38. The lowest BCUT2D eigenvalue weighted by Crippen LogP contribution is -2.23. The maximum Gasteiger partial charge on any atom is 0.262 e. The molecule has 5 N–H and O–H groups in total. The van der Waals surface area contributed by atoms with Gasteiger partial charge >= 0.3 is 0 Å². The van der Waals surface area contributed by atoms with E-state index in [1.54, 1.807) is 18.6 Å². The first-order valence-electron chi connectivity index (χ1n) is 12.6. The number of nitrogens with two attached hydrogens (primary N) is 1. The number of ether oxygens (including phenoxy) is 1. The molecule has 2 atom stereocenters. The highest BCUT2D eigenvalue weighted by atomic mass is 35.5. The molecule has 0 saturated carbocycles. The zero-order valence-electron chi connectivity index (χ0n) is 21.6. The van der Waals surface area contributed by atoms with Crippen LogP contribution in [0.1, 0.15) is 28.1 Å². The minimum absolute atomic E-state index is 0.00826. The fourth-order valence-electron chi connectivity index (χ4n) is 4.30. The molecule has 0 spiro atoms. The van der Waals surface area contributed by atoms with Crippen molar-refractivity contribution < 1.29 is 19.7 Å². The van der Waals surface area contributed by atoms with Crippen LogP contribution in [-0.2, 0) is 0 Å². The van der Waals surface area contributed by atoms with Gasteiger partial charge in [0, 0.05) is 29.7 Å². The van der Waals surface area contributed by atoms with Crippen molar-refractivity contribution in [1.29, 1.82) is 0 Å². The monoisotopic (exact) mass is 577 g/mol. The van der Waals surface area contributed by atoms with Gasteiger partial charge in [0.05, 0.1) is 30.4 Å². The molecule has 0 aliphatic carbocycles. The van der Waals surface area contributed by atoms with Crippen LogP contribution in [0.3, 0.4) is 0 Å². The lowest BCUT2D eigenvalue weighted by Gasteiger charge is -2.14. The number of nitrogens with zero attached hydrogens (tertiary/aromatic N) is 3. The lowest BCUT2D eigenvalue weighted by atomic mass is 10.0. The molecule has 0 saturated heterocycles. The number of halogens is 1. The summed E-state index contributed by atoms with van der Waals surface area (Å²) in [4.78, 5) is 21.4. The van der Waals surface area contributed by atoms with Crippen molar-refractivity contribution in [1.82, 2.24) is 14.5 Å². The van der Waals surface area contributed by atoms with Crippen LogP contribution in [-0.4, -0.2) is 56.5 Å². The van der Waals surface area contributed by atoms with E-state index in [9.17, 15) is 9.90 Å². The number of hydrogen-bond acceptors (Lipinski definition) is 8. The van der Waals surface area contributed by atoms with Crippen LogP contribution in [0.15, 0.2) is 73.2 Å². The van der Waals surface area contributed by atoms with Gasteiger partial charge in [-0.1, -0.05) is 42.8 Å². The van der Waals surface area contributed by atoms with Crippen molar-refractivity contribution in [3.05, 3.63) is 88.7 Å². The van der Waals surface area contributed by atoms with Gasteiger partial charge in [-0.3, -0.25) is 9.36 Å². The first kappa shape index (κ1) is 27.6. The number of thiophene rings is 1. The maximum atomic E-state index is 12.2. The average Bonchev–Trinajstić information content (AvgIpc) is 3.59. The number of anilines is 1. The molecule has 0 bridgehead atoms. The van der Waals surface area contributed by atoms with E-state index >= 15 is 0 Å². The van der Waals surface area contributed by atoms with Crippen LogP contribution in [0.2, 0.25) is 5.02 Å². The van der Waals surface area contributed by atoms with Crippen molar-refractivity contribution in [2.24, 2.45) is 5.73 Å². The van der Waals surface area contributed by atoms with E-state index in [0.29, 0.717) is 28.1 Å². The second kappa shape index (κ2) is 12.1. The van der Waals surface area contributed by atoms with Crippen molar-refractivity contribution in [3.63, 3.8) is 0 Å². The van der Waals surface area contributed by atoms with Crippen molar-refractivity contribution in [2.75, 3.05) is 25.1 Å². The zero-order chi connectivity index (χ0) is 28.2. The third-order valence-corrected chi connectivity index (χ3v) is 7.92. The summed E-state index contributed by atoms with van der Waals surface area (Å²) < 4.78 is 7.97. The number of aliphatic hydroxyl groups is 2. The molecule has 3 aromatic heterocycles. The summed E-state index contributed by atoms with van der Waals surface area (Å²) in [7, 11) is 0. The molecule has 0 aliphatic heterocycles. The van der Waals surface area contributed by atoms with E-state index in [4.69, 9.17) is 27.2 Å². The standard InChI is InChI=1S/C29H28ClN5O4S/c1-17(21-4-2-3-5-22(21)30)15-39-25-12-27(40-28(25)29(31)38)35-16-34-23-10-18(6-7-24(23)35)19-8-9-32-26(11-19)33-13-20(37)14-36/h2-12,16-17,20,36-37H,13-15H2,1H3,(H2,31,38)(H,32,33)/t17?,20-/m1/s1. The highest BCUT2D eigenvalue weighted by molar-refractivity contribution is 7.16. The van der Waals surface area contributed by atoms with Gasteiger partial charge in [0.2, 0.25) is 0 Å². The Kier molecular flexibility index (Phi) is 8.32. The van der Waals surface area contributed by atoms with Gasteiger partial charge in [0.25, 0.3) is 5.91 Å². The Labute approximate surface area is 239 Å². The van der Waals surface area contributed by atoms with Crippen LogP contribution in [0.4, 0.5) is 5.82 Å². The van der Waals surface area contributed by atoms with Gasteiger partial charge in [-0.05, 0) is 47.0 Å². The topological polar surface area (TPSA) is 136 Å². The van der Waals surface area contributed by atoms with E-state index in [2.05, 4.69) is 15.3 Å². The molecule has 9 nitrogen and oxygen atoms in total. The molecule has 5 aromatic rings. The number of nitrogens with one attached hydrogen (secondary N) is 1. The van der Waals surface area contributed by atoms with E-state index in [1.165, 1.54) is 11.3 Å². The van der Waals surface area contributed by atoms with Crippen molar-refractivity contribution >= 4 is 45.7 Å². The molecule has 2 aromatic carbocycles. The maximum absolute atomic E-state index is 12.2. The number of aliphatic hydroxyl groups excluding tert-OH is 2. The Bertz CT molecular complexity index is 1650. The smallest absolute Gasteiger partial charge is 0.262 e. The molecule has 40 heavy (non-hydrogen) atoms. The number of fused-ring (bicyclic) bond motifs is 1. The molecule has 206 valence electrons. The number of amides is 1. The normalized spacial score (nSPS) is 12.8. The fourth-order valence-corrected chi connectivity index (χ4v) is 5.56. The summed E-state index contributed by atoms with van der Waals surface area (Å²) in [6, 6.07) is 19.1. The molecule has 0 fully saturated rings. The number of carbonyl (C=O) groups excluding carboxylic acids is 1. The second-order valence-electron chi connectivity index (χ2n) is 9.34.